The average molecular weight is 280 g/mol. The Morgan fingerprint density at radius 1 is 1.19 bits per heavy atom. The SMILES string of the molecule is Cc1cc(NN)nc(Cn2ccnc2-c2ccccc2)n1. The maximum atomic E-state index is 5.42. The Morgan fingerprint density at radius 2 is 2.00 bits per heavy atom. The second-order valence-corrected chi connectivity index (χ2v) is 4.70. The summed E-state index contributed by atoms with van der Waals surface area (Å²) in [5.41, 5.74) is 4.49. The van der Waals surface area contributed by atoms with Gasteiger partial charge in [0.2, 0.25) is 0 Å². The molecule has 106 valence electrons. The summed E-state index contributed by atoms with van der Waals surface area (Å²) >= 11 is 0. The van der Waals surface area contributed by atoms with E-state index in [-0.39, 0.29) is 0 Å². The summed E-state index contributed by atoms with van der Waals surface area (Å²) < 4.78 is 2.02. The van der Waals surface area contributed by atoms with Gasteiger partial charge in [-0.25, -0.2) is 20.8 Å². The van der Waals surface area contributed by atoms with E-state index in [9.17, 15) is 0 Å². The molecule has 0 aliphatic carbocycles. The highest BCUT2D eigenvalue weighted by atomic mass is 15.3. The number of rotatable bonds is 4. The predicted molar refractivity (Wildman–Crippen MR) is 81.3 cm³/mol. The van der Waals surface area contributed by atoms with E-state index in [2.05, 4.69) is 20.4 Å². The zero-order valence-electron chi connectivity index (χ0n) is 11.7. The Bertz CT molecular complexity index is 735. The Balaban J connectivity index is 1.93. The molecule has 0 radical (unpaired) electrons. The fourth-order valence-corrected chi connectivity index (χ4v) is 2.21. The Kier molecular flexibility index (Phi) is 3.61. The van der Waals surface area contributed by atoms with Crippen molar-refractivity contribution in [2.24, 2.45) is 5.84 Å². The molecular formula is C15H16N6. The molecule has 0 fully saturated rings. The summed E-state index contributed by atoms with van der Waals surface area (Å²) in [4.78, 5) is 13.2. The van der Waals surface area contributed by atoms with Crippen LogP contribution in [0.1, 0.15) is 11.5 Å². The van der Waals surface area contributed by atoms with Gasteiger partial charge in [-0.3, -0.25) is 0 Å². The van der Waals surface area contributed by atoms with Crippen molar-refractivity contribution in [3.05, 3.63) is 60.3 Å². The smallest absolute Gasteiger partial charge is 0.150 e. The maximum absolute atomic E-state index is 5.42. The van der Waals surface area contributed by atoms with E-state index >= 15 is 0 Å². The molecule has 3 N–H and O–H groups in total. The van der Waals surface area contributed by atoms with Gasteiger partial charge in [-0.15, -0.1) is 0 Å². The topological polar surface area (TPSA) is 81.6 Å². The number of hydrogen-bond donors (Lipinski definition) is 2. The molecule has 0 atom stereocenters. The number of aromatic nitrogens is 4. The Labute approximate surface area is 122 Å². The highest BCUT2D eigenvalue weighted by Gasteiger charge is 2.08. The lowest BCUT2D eigenvalue weighted by Gasteiger charge is -2.09. The largest absolute Gasteiger partial charge is 0.323 e. The first kappa shape index (κ1) is 13.3. The first-order chi connectivity index (χ1) is 10.3. The molecule has 6 nitrogen and oxygen atoms in total. The quantitative estimate of drug-likeness (QED) is 0.564. The van der Waals surface area contributed by atoms with Crippen molar-refractivity contribution < 1.29 is 0 Å². The standard InChI is InChI=1S/C15H16N6/c1-11-9-13(20-16)19-14(18-11)10-21-8-7-17-15(21)12-5-3-2-4-6-12/h2-9H,10,16H2,1H3,(H,18,19,20). The van der Waals surface area contributed by atoms with Crippen LogP contribution < -0.4 is 11.3 Å². The molecule has 0 aliphatic rings. The minimum atomic E-state index is 0.542. The minimum absolute atomic E-state index is 0.542. The van der Waals surface area contributed by atoms with Crippen LogP contribution in [0.2, 0.25) is 0 Å². The van der Waals surface area contributed by atoms with Crippen molar-refractivity contribution >= 4 is 5.82 Å². The van der Waals surface area contributed by atoms with Gasteiger partial charge in [0.25, 0.3) is 0 Å². The van der Waals surface area contributed by atoms with Gasteiger partial charge in [0.1, 0.15) is 11.6 Å². The molecule has 0 saturated heterocycles. The van der Waals surface area contributed by atoms with Gasteiger partial charge in [0.15, 0.2) is 5.82 Å². The molecule has 21 heavy (non-hydrogen) atoms. The molecule has 0 bridgehead atoms. The van der Waals surface area contributed by atoms with E-state index in [1.54, 1.807) is 12.3 Å². The summed E-state index contributed by atoms with van der Waals surface area (Å²) in [5.74, 6) is 7.62. The second-order valence-electron chi connectivity index (χ2n) is 4.70. The van der Waals surface area contributed by atoms with Crippen LogP contribution in [0.4, 0.5) is 5.82 Å². The Hall–Kier alpha value is -2.73. The molecule has 2 aromatic heterocycles. The van der Waals surface area contributed by atoms with Crippen molar-refractivity contribution in [2.75, 3.05) is 5.43 Å². The summed E-state index contributed by atoms with van der Waals surface area (Å²) in [7, 11) is 0. The van der Waals surface area contributed by atoms with Crippen LogP contribution in [-0.2, 0) is 6.54 Å². The normalized spacial score (nSPS) is 10.6. The molecule has 1 aromatic carbocycles. The van der Waals surface area contributed by atoms with Crippen molar-refractivity contribution in [3.63, 3.8) is 0 Å². The third-order valence-electron chi connectivity index (χ3n) is 3.11. The monoisotopic (exact) mass is 280 g/mol. The van der Waals surface area contributed by atoms with E-state index in [1.165, 1.54) is 0 Å². The molecular weight excluding hydrogens is 264 g/mol. The number of nitrogens with one attached hydrogen (secondary N) is 1. The van der Waals surface area contributed by atoms with Gasteiger partial charge >= 0.3 is 0 Å². The number of imidazole rings is 1. The molecule has 3 aromatic rings. The van der Waals surface area contributed by atoms with Gasteiger partial charge in [-0.2, -0.15) is 0 Å². The molecule has 0 spiro atoms. The fourth-order valence-electron chi connectivity index (χ4n) is 2.21. The lowest BCUT2D eigenvalue weighted by atomic mass is 10.2. The van der Waals surface area contributed by atoms with Crippen LogP contribution in [0, 0.1) is 6.92 Å². The summed E-state index contributed by atoms with van der Waals surface area (Å²) in [6.45, 7) is 2.46. The third-order valence-corrected chi connectivity index (χ3v) is 3.11. The number of nitrogen functional groups attached to an aromatic ring is 1. The lowest BCUT2D eigenvalue weighted by Crippen LogP contribution is -2.12. The summed E-state index contributed by atoms with van der Waals surface area (Å²) in [5, 5.41) is 0. The maximum Gasteiger partial charge on any atom is 0.150 e. The van der Waals surface area contributed by atoms with Crippen LogP contribution in [0.15, 0.2) is 48.8 Å². The number of benzene rings is 1. The fraction of sp³-hybridized carbons (Fsp3) is 0.133. The molecule has 2 heterocycles. The number of anilines is 1. The number of hydrazine groups is 1. The van der Waals surface area contributed by atoms with Gasteiger partial charge in [0.05, 0.1) is 6.54 Å². The van der Waals surface area contributed by atoms with Gasteiger partial charge < -0.3 is 9.99 Å². The van der Waals surface area contributed by atoms with Crippen molar-refractivity contribution in [3.8, 4) is 11.4 Å². The molecule has 0 aliphatic heterocycles. The number of nitrogens with zero attached hydrogens (tertiary/aromatic N) is 4. The molecule has 0 unspecified atom stereocenters. The third kappa shape index (κ3) is 2.90. The second kappa shape index (κ2) is 5.72. The molecule has 0 saturated carbocycles. The summed E-state index contributed by atoms with van der Waals surface area (Å²) in [6, 6.07) is 11.8. The zero-order chi connectivity index (χ0) is 14.7. The van der Waals surface area contributed by atoms with Crippen LogP contribution in [0.25, 0.3) is 11.4 Å². The van der Waals surface area contributed by atoms with Crippen molar-refractivity contribution in [1.82, 2.24) is 19.5 Å². The first-order valence-corrected chi connectivity index (χ1v) is 6.64. The minimum Gasteiger partial charge on any atom is -0.323 e. The van der Waals surface area contributed by atoms with E-state index in [0.29, 0.717) is 18.2 Å². The van der Waals surface area contributed by atoms with E-state index in [0.717, 1.165) is 17.1 Å². The van der Waals surface area contributed by atoms with Crippen LogP contribution in [0.3, 0.4) is 0 Å². The number of aryl methyl sites for hydroxylation is 1. The summed E-state index contributed by atoms with van der Waals surface area (Å²) in [6.07, 6.45) is 3.70. The van der Waals surface area contributed by atoms with Crippen LogP contribution in [0.5, 0.6) is 0 Å². The zero-order valence-corrected chi connectivity index (χ0v) is 11.7. The van der Waals surface area contributed by atoms with Gasteiger partial charge in [0, 0.05) is 29.7 Å². The first-order valence-electron chi connectivity index (χ1n) is 6.64. The van der Waals surface area contributed by atoms with Gasteiger partial charge in [-0.1, -0.05) is 30.3 Å². The molecule has 6 heteroatoms. The van der Waals surface area contributed by atoms with Gasteiger partial charge in [-0.05, 0) is 6.92 Å². The van der Waals surface area contributed by atoms with Crippen LogP contribution in [-0.4, -0.2) is 19.5 Å². The molecule has 3 rings (SSSR count). The number of hydrogen-bond acceptors (Lipinski definition) is 5. The highest BCUT2D eigenvalue weighted by Crippen LogP contribution is 2.17. The predicted octanol–water partition coefficient (Wildman–Crippen LogP) is 1.98. The van der Waals surface area contributed by atoms with E-state index in [4.69, 9.17) is 5.84 Å². The van der Waals surface area contributed by atoms with Crippen molar-refractivity contribution in [2.45, 2.75) is 13.5 Å². The lowest BCUT2D eigenvalue weighted by molar-refractivity contribution is 0.746. The van der Waals surface area contributed by atoms with E-state index < -0.39 is 0 Å². The highest BCUT2D eigenvalue weighted by molar-refractivity contribution is 5.55. The van der Waals surface area contributed by atoms with Crippen molar-refractivity contribution in [1.29, 1.82) is 0 Å². The van der Waals surface area contributed by atoms with E-state index in [1.807, 2.05) is 48.0 Å². The molecule has 0 amide bonds. The Morgan fingerprint density at radius 3 is 2.76 bits per heavy atom. The van der Waals surface area contributed by atoms with Crippen LogP contribution >= 0.6 is 0 Å². The average Bonchev–Trinajstić information content (AvgIpc) is 2.95. The number of nitrogens with two attached hydrogens (primary N) is 1.